The van der Waals surface area contributed by atoms with Crippen molar-refractivity contribution in [2.24, 2.45) is 0 Å². The van der Waals surface area contributed by atoms with Gasteiger partial charge in [-0.3, -0.25) is 9.48 Å². The van der Waals surface area contributed by atoms with E-state index in [0.717, 1.165) is 5.69 Å². The lowest BCUT2D eigenvalue weighted by Gasteiger charge is -2.14. The molecule has 2 aromatic rings. The zero-order chi connectivity index (χ0) is 15.4. The monoisotopic (exact) mass is 292 g/mol. The van der Waals surface area contributed by atoms with Gasteiger partial charge in [-0.2, -0.15) is 9.78 Å². The Labute approximate surface area is 120 Å². The molecule has 0 aliphatic carbocycles. The number of nitro groups is 1. The van der Waals surface area contributed by atoms with Crippen molar-refractivity contribution in [2.75, 3.05) is 0 Å². The number of hydrogen-bond acceptors (Lipinski definition) is 5. The molecule has 2 aromatic heterocycles. The van der Waals surface area contributed by atoms with E-state index in [4.69, 9.17) is 0 Å². The summed E-state index contributed by atoms with van der Waals surface area (Å²) in [6, 6.07) is 2.89. The van der Waals surface area contributed by atoms with Crippen molar-refractivity contribution in [2.45, 2.75) is 33.0 Å². The molecule has 0 fully saturated rings. The van der Waals surface area contributed by atoms with Crippen LogP contribution in [0.25, 0.3) is 0 Å². The lowest BCUT2D eigenvalue weighted by molar-refractivity contribution is -0.389. The van der Waals surface area contributed by atoms with Gasteiger partial charge in [0.2, 0.25) is 5.91 Å². The summed E-state index contributed by atoms with van der Waals surface area (Å²) < 4.78 is 3.03. The van der Waals surface area contributed by atoms with Crippen LogP contribution in [0.15, 0.2) is 24.5 Å². The van der Waals surface area contributed by atoms with Crippen LogP contribution in [0.5, 0.6) is 0 Å². The highest BCUT2D eigenvalue weighted by Crippen LogP contribution is 2.11. The first kappa shape index (κ1) is 14.7. The largest absolute Gasteiger partial charge is 0.389 e. The first-order valence-electron chi connectivity index (χ1n) is 6.50. The summed E-state index contributed by atoms with van der Waals surface area (Å²) in [6.07, 6.45) is 3.08. The summed E-state index contributed by atoms with van der Waals surface area (Å²) in [5, 5.41) is 21.2. The maximum atomic E-state index is 11.9. The quantitative estimate of drug-likeness (QED) is 0.628. The van der Waals surface area contributed by atoms with Crippen LogP contribution in [0.4, 0.5) is 5.82 Å². The first-order valence-corrected chi connectivity index (χ1v) is 6.50. The molecule has 0 radical (unpaired) electrons. The van der Waals surface area contributed by atoms with Crippen molar-refractivity contribution < 1.29 is 9.72 Å². The smallest absolute Gasteiger partial charge is 0.358 e. The SMILES string of the molecule is CCn1nccc1C(C)NC(=O)Cn1ccc([N+](=O)[O-])n1. The van der Waals surface area contributed by atoms with Crippen molar-refractivity contribution >= 4 is 11.7 Å². The Hall–Kier alpha value is -2.71. The van der Waals surface area contributed by atoms with E-state index >= 15 is 0 Å². The standard InChI is InChI=1S/C12H16N6O3/c1-3-17-10(4-6-13-17)9(2)14-12(19)8-16-7-5-11(15-16)18(20)21/h4-7,9H,3,8H2,1-2H3,(H,14,19). The van der Waals surface area contributed by atoms with Crippen LogP contribution in [-0.2, 0) is 17.9 Å². The van der Waals surface area contributed by atoms with Gasteiger partial charge in [0.15, 0.2) is 0 Å². The van der Waals surface area contributed by atoms with E-state index < -0.39 is 4.92 Å². The second-order valence-corrected chi connectivity index (χ2v) is 4.49. The van der Waals surface area contributed by atoms with Crippen LogP contribution >= 0.6 is 0 Å². The molecule has 1 unspecified atom stereocenters. The molecule has 112 valence electrons. The molecule has 0 bridgehead atoms. The molecule has 9 nitrogen and oxygen atoms in total. The Balaban J connectivity index is 1.96. The van der Waals surface area contributed by atoms with Gasteiger partial charge in [0.1, 0.15) is 6.54 Å². The number of nitrogens with one attached hydrogen (secondary N) is 1. The minimum Gasteiger partial charge on any atom is -0.358 e. The highest BCUT2D eigenvalue weighted by atomic mass is 16.6. The fraction of sp³-hybridized carbons (Fsp3) is 0.417. The van der Waals surface area contributed by atoms with Gasteiger partial charge in [0.05, 0.1) is 29.1 Å². The minimum atomic E-state index is -0.600. The number of rotatable bonds is 6. The Morgan fingerprint density at radius 2 is 2.29 bits per heavy atom. The molecule has 0 aliphatic rings. The molecule has 0 aliphatic heterocycles. The average Bonchev–Trinajstić information content (AvgIpc) is 3.06. The summed E-state index contributed by atoms with van der Waals surface area (Å²) in [5.41, 5.74) is 0.900. The van der Waals surface area contributed by atoms with E-state index in [-0.39, 0.29) is 24.3 Å². The molecular weight excluding hydrogens is 276 g/mol. The molecule has 0 saturated carbocycles. The van der Waals surface area contributed by atoms with E-state index in [9.17, 15) is 14.9 Å². The Bertz CT molecular complexity index is 647. The van der Waals surface area contributed by atoms with Gasteiger partial charge in [0, 0.05) is 12.7 Å². The molecule has 2 rings (SSSR count). The van der Waals surface area contributed by atoms with Crippen LogP contribution in [0.3, 0.4) is 0 Å². The highest BCUT2D eigenvalue weighted by Gasteiger charge is 2.16. The zero-order valence-corrected chi connectivity index (χ0v) is 11.8. The lowest BCUT2D eigenvalue weighted by atomic mass is 10.2. The summed E-state index contributed by atoms with van der Waals surface area (Å²) in [5.74, 6) is -0.552. The van der Waals surface area contributed by atoms with Gasteiger partial charge < -0.3 is 15.4 Å². The topological polar surface area (TPSA) is 108 Å². The van der Waals surface area contributed by atoms with E-state index in [0.29, 0.717) is 6.54 Å². The van der Waals surface area contributed by atoms with Crippen LogP contribution < -0.4 is 5.32 Å². The molecule has 1 N–H and O–H groups in total. The van der Waals surface area contributed by atoms with Gasteiger partial charge in [0.25, 0.3) is 0 Å². The number of carbonyl (C=O) groups is 1. The number of amides is 1. The Kier molecular flexibility index (Phi) is 4.31. The van der Waals surface area contributed by atoms with Crippen LogP contribution in [0, 0.1) is 10.1 Å². The molecule has 0 spiro atoms. The van der Waals surface area contributed by atoms with Crippen molar-refractivity contribution in [1.82, 2.24) is 24.9 Å². The van der Waals surface area contributed by atoms with Crippen molar-refractivity contribution in [3.05, 3.63) is 40.3 Å². The molecule has 1 amide bonds. The number of aromatic nitrogens is 4. The minimum absolute atomic E-state index is 0.0710. The van der Waals surface area contributed by atoms with Gasteiger partial charge in [-0.1, -0.05) is 0 Å². The van der Waals surface area contributed by atoms with E-state index in [1.807, 2.05) is 19.9 Å². The predicted octanol–water partition coefficient (Wildman–Crippen LogP) is 0.885. The van der Waals surface area contributed by atoms with Crippen molar-refractivity contribution in [3.63, 3.8) is 0 Å². The molecule has 0 aromatic carbocycles. The van der Waals surface area contributed by atoms with Crippen LogP contribution in [0.2, 0.25) is 0 Å². The third-order valence-electron chi connectivity index (χ3n) is 2.99. The normalized spacial score (nSPS) is 12.1. The number of nitrogens with zero attached hydrogens (tertiary/aromatic N) is 5. The third-order valence-corrected chi connectivity index (χ3v) is 2.99. The van der Waals surface area contributed by atoms with Crippen LogP contribution in [0.1, 0.15) is 25.6 Å². The van der Waals surface area contributed by atoms with Gasteiger partial charge in [-0.25, -0.2) is 0 Å². The lowest BCUT2D eigenvalue weighted by Crippen LogP contribution is -2.31. The Morgan fingerprint density at radius 1 is 1.52 bits per heavy atom. The molecule has 1 atom stereocenters. The summed E-state index contributed by atoms with van der Waals surface area (Å²) in [4.78, 5) is 21.8. The number of carbonyl (C=O) groups excluding carboxylic acids is 1. The number of hydrogen-bond donors (Lipinski definition) is 1. The molecule has 2 heterocycles. The molecule has 9 heteroatoms. The maximum Gasteiger partial charge on any atom is 0.389 e. The van der Waals surface area contributed by atoms with Gasteiger partial charge in [-0.15, -0.1) is 0 Å². The Morgan fingerprint density at radius 3 is 2.90 bits per heavy atom. The average molecular weight is 292 g/mol. The second kappa shape index (κ2) is 6.16. The zero-order valence-electron chi connectivity index (χ0n) is 11.8. The predicted molar refractivity (Wildman–Crippen MR) is 73.3 cm³/mol. The molecular formula is C12H16N6O3. The summed E-state index contributed by atoms with van der Waals surface area (Å²) in [7, 11) is 0. The van der Waals surface area contributed by atoms with E-state index in [2.05, 4.69) is 15.5 Å². The second-order valence-electron chi connectivity index (χ2n) is 4.49. The fourth-order valence-corrected chi connectivity index (χ4v) is 2.02. The van der Waals surface area contributed by atoms with Gasteiger partial charge in [-0.05, 0) is 24.8 Å². The third kappa shape index (κ3) is 3.44. The highest BCUT2D eigenvalue weighted by molar-refractivity contribution is 5.76. The van der Waals surface area contributed by atoms with Crippen LogP contribution in [-0.4, -0.2) is 30.4 Å². The fourth-order valence-electron chi connectivity index (χ4n) is 2.02. The van der Waals surface area contributed by atoms with E-state index in [1.54, 1.807) is 10.9 Å². The van der Waals surface area contributed by atoms with Gasteiger partial charge >= 0.3 is 5.82 Å². The first-order chi connectivity index (χ1) is 10.0. The molecule has 0 saturated heterocycles. The van der Waals surface area contributed by atoms with Crippen molar-refractivity contribution in [1.29, 1.82) is 0 Å². The van der Waals surface area contributed by atoms with Crippen molar-refractivity contribution in [3.8, 4) is 0 Å². The number of aryl methyl sites for hydroxylation is 1. The maximum absolute atomic E-state index is 11.9. The van der Waals surface area contributed by atoms with E-state index in [1.165, 1.54) is 16.9 Å². The summed E-state index contributed by atoms with van der Waals surface area (Å²) in [6.45, 7) is 4.47. The summed E-state index contributed by atoms with van der Waals surface area (Å²) >= 11 is 0. The molecule has 21 heavy (non-hydrogen) atoms.